The average molecular weight is 417 g/mol. The van der Waals surface area contributed by atoms with Gasteiger partial charge in [-0.1, -0.05) is 0 Å². The monoisotopic (exact) mass is 416 g/mol. The molecule has 1 saturated heterocycles. The first-order chi connectivity index (χ1) is 14.0. The molecule has 8 heteroatoms. The predicted octanol–water partition coefficient (Wildman–Crippen LogP) is 2.58. The number of benzene rings is 1. The molecule has 1 N–H and O–H groups in total. The largest absolute Gasteiger partial charge is 0.494 e. The van der Waals surface area contributed by atoms with Gasteiger partial charge >= 0.3 is 0 Å². The average Bonchev–Trinajstić information content (AvgIpc) is 3.18. The van der Waals surface area contributed by atoms with Crippen molar-refractivity contribution in [1.29, 1.82) is 0 Å². The minimum atomic E-state index is -0.0941. The van der Waals surface area contributed by atoms with E-state index in [-0.39, 0.29) is 11.8 Å². The van der Waals surface area contributed by atoms with Crippen molar-refractivity contribution in [2.24, 2.45) is 13.0 Å². The van der Waals surface area contributed by atoms with Gasteiger partial charge in [0.25, 0.3) is 5.91 Å². The van der Waals surface area contributed by atoms with Gasteiger partial charge in [0.15, 0.2) is 0 Å². The number of nitrogens with zero attached hydrogens (tertiary/aromatic N) is 3. The number of piperidine rings is 1. The Balaban J connectivity index is 1.36. The zero-order valence-electron chi connectivity index (χ0n) is 17.0. The van der Waals surface area contributed by atoms with E-state index in [1.807, 2.05) is 36.1 Å². The first-order valence-corrected chi connectivity index (χ1v) is 10.9. The molecule has 156 valence electrons. The van der Waals surface area contributed by atoms with Crippen LogP contribution in [0.1, 0.15) is 30.1 Å². The summed E-state index contributed by atoms with van der Waals surface area (Å²) in [5.74, 6) is 1.76. The van der Waals surface area contributed by atoms with E-state index in [2.05, 4.69) is 10.4 Å². The number of amides is 2. The highest BCUT2D eigenvalue weighted by atomic mass is 32.2. The number of aromatic nitrogens is 2. The molecule has 2 amide bonds. The van der Waals surface area contributed by atoms with Gasteiger partial charge < -0.3 is 15.0 Å². The van der Waals surface area contributed by atoms with Gasteiger partial charge in [-0.3, -0.25) is 14.3 Å². The Morgan fingerprint density at radius 2 is 1.97 bits per heavy atom. The van der Waals surface area contributed by atoms with Crippen LogP contribution in [0.3, 0.4) is 0 Å². The Bertz CT molecular complexity index is 814. The van der Waals surface area contributed by atoms with Crippen molar-refractivity contribution in [2.45, 2.75) is 24.7 Å². The molecule has 1 fully saturated rings. The number of likely N-dealkylation sites (tertiary alicyclic amines) is 1. The molecule has 1 aliphatic heterocycles. The highest BCUT2D eigenvalue weighted by Crippen LogP contribution is 2.23. The third-order valence-electron chi connectivity index (χ3n) is 4.98. The van der Waals surface area contributed by atoms with Gasteiger partial charge in [0, 0.05) is 37.8 Å². The molecule has 0 unspecified atom stereocenters. The number of nitrogens with one attached hydrogen (secondary N) is 1. The molecule has 1 aromatic heterocycles. The number of thioether (sulfide) groups is 1. The van der Waals surface area contributed by atoms with E-state index in [4.69, 9.17) is 4.74 Å². The summed E-state index contributed by atoms with van der Waals surface area (Å²) in [5, 5.41) is 6.99. The van der Waals surface area contributed by atoms with Crippen molar-refractivity contribution >= 4 is 23.6 Å². The molecule has 7 nitrogen and oxygen atoms in total. The SMILES string of the molecule is CCOc1ccc(SCC(=O)N2CCC(CNC(=O)c3cnn(C)c3)CC2)cc1. The molecule has 29 heavy (non-hydrogen) atoms. The van der Waals surface area contributed by atoms with Crippen molar-refractivity contribution < 1.29 is 14.3 Å². The fourth-order valence-corrected chi connectivity index (χ4v) is 4.10. The lowest BCUT2D eigenvalue weighted by molar-refractivity contribution is -0.129. The number of ether oxygens (including phenoxy) is 1. The van der Waals surface area contributed by atoms with E-state index in [0.29, 0.717) is 30.4 Å². The van der Waals surface area contributed by atoms with E-state index in [9.17, 15) is 9.59 Å². The van der Waals surface area contributed by atoms with Crippen LogP contribution in [0.15, 0.2) is 41.6 Å². The summed E-state index contributed by atoms with van der Waals surface area (Å²) in [5.41, 5.74) is 0.575. The van der Waals surface area contributed by atoms with Gasteiger partial charge in [0.05, 0.1) is 24.1 Å². The third kappa shape index (κ3) is 6.25. The van der Waals surface area contributed by atoms with Gasteiger partial charge in [-0.2, -0.15) is 5.10 Å². The molecular weight excluding hydrogens is 388 g/mol. The number of rotatable bonds is 8. The first kappa shape index (κ1) is 21.2. The number of aryl methyl sites for hydroxylation is 1. The van der Waals surface area contributed by atoms with Crippen LogP contribution in [0.25, 0.3) is 0 Å². The zero-order chi connectivity index (χ0) is 20.6. The number of hydrogen-bond acceptors (Lipinski definition) is 5. The maximum atomic E-state index is 12.5. The third-order valence-corrected chi connectivity index (χ3v) is 5.98. The van der Waals surface area contributed by atoms with Crippen LogP contribution in [-0.2, 0) is 11.8 Å². The Morgan fingerprint density at radius 3 is 2.59 bits per heavy atom. The Kier molecular flexibility index (Phi) is 7.57. The van der Waals surface area contributed by atoms with Crippen LogP contribution in [0, 0.1) is 5.92 Å². The Labute approximate surface area is 175 Å². The van der Waals surface area contributed by atoms with Gasteiger partial charge in [0.1, 0.15) is 5.75 Å². The molecule has 1 aliphatic rings. The maximum Gasteiger partial charge on any atom is 0.254 e. The summed E-state index contributed by atoms with van der Waals surface area (Å²) in [6.07, 6.45) is 5.09. The summed E-state index contributed by atoms with van der Waals surface area (Å²) in [7, 11) is 1.79. The van der Waals surface area contributed by atoms with E-state index >= 15 is 0 Å². The lowest BCUT2D eigenvalue weighted by atomic mass is 9.96. The molecule has 0 aliphatic carbocycles. The van der Waals surface area contributed by atoms with E-state index < -0.39 is 0 Å². The number of carbonyl (C=O) groups is 2. The lowest BCUT2D eigenvalue weighted by Gasteiger charge is -2.32. The van der Waals surface area contributed by atoms with Crippen molar-refractivity contribution in [2.75, 3.05) is 32.0 Å². The lowest BCUT2D eigenvalue weighted by Crippen LogP contribution is -2.42. The Hall–Kier alpha value is -2.48. The minimum Gasteiger partial charge on any atom is -0.494 e. The molecule has 0 saturated carbocycles. The topological polar surface area (TPSA) is 76.5 Å². The molecule has 0 spiro atoms. The number of hydrogen-bond donors (Lipinski definition) is 1. The van der Waals surface area contributed by atoms with Crippen LogP contribution < -0.4 is 10.1 Å². The van der Waals surface area contributed by atoms with Gasteiger partial charge in [-0.15, -0.1) is 11.8 Å². The van der Waals surface area contributed by atoms with E-state index in [1.54, 1.807) is 35.9 Å². The van der Waals surface area contributed by atoms with Crippen LogP contribution >= 0.6 is 11.8 Å². The summed E-state index contributed by atoms with van der Waals surface area (Å²) >= 11 is 1.55. The second-order valence-electron chi connectivity index (χ2n) is 7.13. The summed E-state index contributed by atoms with van der Waals surface area (Å²) in [6.45, 7) is 4.73. The van der Waals surface area contributed by atoms with Crippen LogP contribution in [-0.4, -0.2) is 58.5 Å². The van der Waals surface area contributed by atoms with E-state index in [0.717, 1.165) is 36.6 Å². The molecule has 0 radical (unpaired) electrons. The molecule has 2 heterocycles. The van der Waals surface area contributed by atoms with Crippen molar-refractivity contribution in [3.05, 3.63) is 42.2 Å². The van der Waals surface area contributed by atoms with Crippen LogP contribution in [0.4, 0.5) is 0 Å². The molecular formula is C21H28N4O3S. The molecule has 2 aromatic rings. The smallest absolute Gasteiger partial charge is 0.254 e. The second-order valence-corrected chi connectivity index (χ2v) is 8.18. The summed E-state index contributed by atoms with van der Waals surface area (Å²) in [6, 6.07) is 7.84. The maximum absolute atomic E-state index is 12.5. The van der Waals surface area contributed by atoms with Crippen molar-refractivity contribution in [3.8, 4) is 5.75 Å². The fourth-order valence-electron chi connectivity index (χ4n) is 3.30. The molecule has 1 aromatic carbocycles. The predicted molar refractivity (Wildman–Crippen MR) is 113 cm³/mol. The minimum absolute atomic E-state index is 0.0941. The van der Waals surface area contributed by atoms with Gasteiger partial charge in [-0.05, 0) is 49.9 Å². The molecule has 3 rings (SSSR count). The quantitative estimate of drug-likeness (QED) is 0.670. The highest BCUT2D eigenvalue weighted by Gasteiger charge is 2.23. The zero-order valence-corrected chi connectivity index (χ0v) is 17.8. The van der Waals surface area contributed by atoms with Crippen LogP contribution in [0.5, 0.6) is 5.75 Å². The van der Waals surface area contributed by atoms with Gasteiger partial charge in [-0.25, -0.2) is 0 Å². The van der Waals surface area contributed by atoms with Crippen molar-refractivity contribution in [3.63, 3.8) is 0 Å². The summed E-state index contributed by atoms with van der Waals surface area (Å²) in [4.78, 5) is 27.6. The summed E-state index contributed by atoms with van der Waals surface area (Å²) < 4.78 is 7.05. The molecule has 0 atom stereocenters. The molecule has 0 bridgehead atoms. The normalized spacial score (nSPS) is 14.6. The second kappa shape index (κ2) is 10.3. The van der Waals surface area contributed by atoms with E-state index in [1.165, 1.54) is 0 Å². The Morgan fingerprint density at radius 1 is 1.24 bits per heavy atom. The standard InChI is InChI=1S/C21H28N4O3S/c1-3-28-18-4-6-19(7-5-18)29-15-20(26)25-10-8-16(9-11-25)12-22-21(27)17-13-23-24(2)14-17/h4-7,13-14,16H,3,8-12,15H2,1-2H3,(H,22,27). The first-order valence-electron chi connectivity index (χ1n) is 9.95. The van der Waals surface area contributed by atoms with Crippen molar-refractivity contribution in [1.82, 2.24) is 20.0 Å². The fraction of sp³-hybridized carbons (Fsp3) is 0.476. The van der Waals surface area contributed by atoms with Gasteiger partial charge in [0.2, 0.25) is 5.91 Å². The highest BCUT2D eigenvalue weighted by molar-refractivity contribution is 8.00. The van der Waals surface area contributed by atoms with Crippen LogP contribution in [0.2, 0.25) is 0 Å². The number of carbonyl (C=O) groups excluding carboxylic acids is 2.